The third kappa shape index (κ3) is 4.42. The van der Waals surface area contributed by atoms with Crippen LogP contribution in [0.1, 0.15) is 34.3 Å². The average Bonchev–Trinajstić information content (AvgIpc) is 2.74. The van der Waals surface area contributed by atoms with Crippen molar-refractivity contribution in [2.75, 3.05) is 7.11 Å². The lowest BCUT2D eigenvalue weighted by atomic mass is 9.96. The summed E-state index contributed by atoms with van der Waals surface area (Å²) in [6, 6.07) is 23.0. The first-order valence-corrected chi connectivity index (χ1v) is 8.64. The summed E-state index contributed by atoms with van der Waals surface area (Å²) in [5.74, 6) is 0.174. The third-order valence-electron chi connectivity index (χ3n) is 4.32. The second-order valence-corrected chi connectivity index (χ2v) is 6.14. The Morgan fingerprint density at radius 1 is 0.778 bits per heavy atom. The lowest BCUT2D eigenvalue weighted by Crippen LogP contribution is -2.16. The van der Waals surface area contributed by atoms with Crippen LogP contribution in [-0.4, -0.2) is 18.9 Å². The first kappa shape index (κ1) is 18.4. The van der Waals surface area contributed by atoms with Crippen LogP contribution in [0.25, 0.3) is 0 Å². The van der Waals surface area contributed by atoms with Gasteiger partial charge < -0.3 is 9.47 Å². The van der Waals surface area contributed by atoms with E-state index in [1.807, 2.05) is 24.3 Å². The van der Waals surface area contributed by atoms with Crippen molar-refractivity contribution in [3.05, 3.63) is 95.6 Å². The Bertz CT molecular complexity index is 930. The van der Waals surface area contributed by atoms with Crippen molar-refractivity contribution >= 4 is 11.8 Å². The van der Waals surface area contributed by atoms with Gasteiger partial charge in [-0.25, -0.2) is 0 Å². The number of methoxy groups -OCH3 is 1. The summed E-state index contributed by atoms with van der Waals surface area (Å²) in [6.45, 7) is 1.76. The van der Waals surface area contributed by atoms with E-state index in [4.69, 9.17) is 9.47 Å². The highest BCUT2D eigenvalue weighted by molar-refractivity contribution is 6.09. The largest absolute Gasteiger partial charge is 0.497 e. The van der Waals surface area contributed by atoms with Crippen molar-refractivity contribution in [1.82, 2.24) is 0 Å². The molecule has 0 spiro atoms. The van der Waals surface area contributed by atoms with Crippen molar-refractivity contribution < 1.29 is 19.1 Å². The highest BCUT2D eigenvalue weighted by atomic mass is 16.5. The van der Waals surface area contributed by atoms with Gasteiger partial charge in [-0.2, -0.15) is 0 Å². The van der Waals surface area contributed by atoms with E-state index in [0.29, 0.717) is 22.6 Å². The highest BCUT2D eigenvalue weighted by Crippen LogP contribution is 2.23. The molecule has 136 valence electrons. The molecule has 0 aliphatic rings. The molecular weight excluding hydrogens is 340 g/mol. The van der Waals surface area contributed by atoms with Gasteiger partial charge in [0.1, 0.15) is 11.5 Å². The van der Waals surface area contributed by atoms with Gasteiger partial charge >= 0.3 is 5.97 Å². The van der Waals surface area contributed by atoms with Gasteiger partial charge in [-0.3, -0.25) is 9.59 Å². The monoisotopic (exact) mass is 360 g/mol. The van der Waals surface area contributed by atoms with E-state index in [0.717, 1.165) is 5.56 Å². The maximum absolute atomic E-state index is 12.6. The van der Waals surface area contributed by atoms with Crippen LogP contribution >= 0.6 is 0 Å². The van der Waals surface area contributed by atoms with Crippen LogP contribution in [0.3, 0.4) is 0 Å². The van der Waals surface area contributed by atoms with E-state index in [-0.39, 0.29) is 11.8 Å². The van der Waals surface area contributed by atoms with E-state index in [2.05, 4.69) is 0 Å². The molecular formula is C23H20O4. The fourth-order valence-electron chi connectivity index (χ4n) is 2.69. The molecule has 3 rings (SSSR count). The molecule has 1 unspecified atom stereocenters. The number of ether oxygens (including phenoxy) is 2. The first-order valence-electron chi connectivity index (χ1n) is 8.64. The predicted octanol–water partition coefficient (Wildman–Crippen LogP) is 4.64. The smallest absolute Gasteiger partial charge is 0.318 e. The molecule has 4 heteroatoms. The van der Waals surface area contributed by atoms with Crippen molar-refractivity contribution in [3.63, 3.8) is 0 Å². The van der Waals surface area contributed by atoms with Crippen LogP contribution in [-0.2, 0) is 4.79 Å². The minimum atomic E-state index is -0.504. The molecule has 4 nitrogen and oxygen atoms in total. The molecule has 0 aliphatic heterocycles. The Labute approximate surface area is 158 Å². The van der Waals surface area contributed by atoms with Gasteiger partial charge in [0.2, 0.25) is 0 Å². The minimum Gasteiger partial charge on any atom is -0.497 e. The summed E-state index contributed by atoms with van der Waals surface area (Å²) >= 11 is 0. The van der Waals surface area contributed by atoms with E-state index >= 15 is 0 Å². The molecule has 1 atom stereocenters. The van der Waals surface area contributed by atoms with Crippen LogP contribution in [0.5, 0.6) is 11.5 Å². The lowest BCUT2D eigenvalue weighted by Gasteiger charge is -2.13. The molecule has 0 bridgehead atoms. The van der Waals surface area contributed by atoms with E-state index in [9.17, 15) is 9.59 Å². The van der Waals surface area contributed by atoms with E-state index in [1.165, 1.54) is 0 Å². The predicted molar refractivity (Wildman–Crippen MR) is 103 cm³/mol. The van der Waals surface area contributed by atoms with Crippen molar-refractivity contribution in [3.8, 4) is 11.5 Å². The fraction of sp³-hybridized carbons (Fsp3) is 0.130. The molecule has 0 saturated carbocycles. The highest BCUT2D eigenvalue weighted by Gasteiger charge is 2.19. The van der Waals surface area contributed by atoms with Crippen molar-refractivity contribution in [1.29, 1.82) is 0 Å². The van der Waals surface area contributed by atoms with Crippen molar-refractivity contribution in [2.24, 2.45) is 0 Å². The Balaban J connectivity index is 1.75. The number of hydrogen-bond acceptors (Lipinski definition) is 4. The SMILES string of the molecule is COc1ccc(OC(=O)C(C)c2cccc(C(=O)c3ccccc3)c2)cc1. The summed E-state index contributed by atoms with van der Waals surface area (Å²) < 4.78 is 10.5. The second kappa shape index (κ2) is 8.32. The van der Waals surface area contributed by atoms with Crippen LogP contribution in [0.2, 0.25) is 0 Å². The molecule has 0 N–H and O–H groups in total. The maximum Gasteiger partial charge on any atom is 0.318 e. The Morgan fingerprint density at radius 2 is 1.41 bits per heavy atom. The van der Waals surface area contributed by atoms with Gasteiger partial charge in [-0.15, -0.1) is 0 Å². The zero-order chi connectivity index (χ0) is 19.2. The number of esters is 1. The zero-order valence-corrected chi connectivity index (χ0v) is 15.2. The summed E-state index contributed by atoms with van der Waals surface area (Å²) in [7, 11) is 1.58. The molecule has 0 saturated heterocycles. The molecule has 0 aromatic heterocycles. The summed E-state index contributed by atoms with van der Waals surface area (Å²) in [5, 5.41) is 0. The molecule has 0 amide bonds. The van der Waals surface area contributed by atoms with Crippen LogP contribution in [0, 0.1) is 0 Å². The van der Waals surface area contributed by atoms with Crippen LogP contribution in [0.4, 0.5) is 0 Å². The Kier molecular flexibility index (Phi) is 5.67. The van der Waals surface area contributed by atoms with Crippen molar-refractivity contribution in [2.45, 2.75) is 12.8 Å². The quantitative estimate of drug-likeness (QED) is 0.365. The Hall–Kier alpha value is -3.40. The van der Waals surface area contributed by atoms with Gasteiger partial charge in [0, 0.05) is 11.1 Å². The Morgan fingerprint density at radius 3 is 2.07 bits per heavy atom. The molecule has 3 aromatic carbocycles. The molecule has 0 radical (unpaired) electrons. The van der Waals surface area contributed by atoms with Gasteiger partial charge in [0.25, 0.3) is 0 Å². The maximum atomic E-state index is 12.6. The zero-order valence-electron chi connectivity index (χ0n) is 15.2. The molecule has 0 heterocycles. The van der Waals surface area contributed by atoms with E-state index in [1.54, 1.807) is 68.6 Å². The summed E-state index contributed by atoms with van der Waals surface area (Å²) in [5.41, 5.74) is 1.89. The van der Waals surface area contributed by atoms with Gasteiger partial charge in [0.15, 0.2) is 5.78 Å². The number of benzene rings is 3. The fourth-order valence-corrected chi connectivity index (χ4v) is 2.69. The number of rotatable bonds is 6. The first-order chi connectivity index (χ1) is 13.1. The standard InChI is InChI=1S/C23H20O4/c1-16(23(25)27-21-13-11-20(26-2)12-14-21)18-9-6-10-19(15-18)22(24)17-7-4-3-5-8-17/h3-16H,1-2H3. The summed E-state index contributed by atoms with van der Waals surface area (Å²) in [4.78, 5) is 25.1. The molecule has 27 heavy (non-hydrogen) atoms. The number of carbonyl (C=O) groups excluding carboxylic acids is 2. The van der Waals surface area contributed by atoms with Crippen LogP contribution in [0.15, 0.2) is 78.9 Å². The average molecular weight is 360 g/mol. The lowest BCUT2D eigenvalue weighted by molar-refractivity contribution is -0.135. The topological polar surface area (TPSA) is 52.6 Å². The van der Waals surface area contributed by atoms with Gasteiger partial charge in [-0.05, 0) is 42.8 Å². The molecule has 0 fully saturated rings. The summed E-state index contributed by atoms with van der Waals surface area (Å²) in [6.07, 6.45) is 0. The van der Waals surface area contributed by atoms with Crippen LogP contribution < -0.4 is 9.47 Å². The van der Waals surface area contributed by atoms with Gasteiger partial charge in [0.05, 0.1) is 13.0 Å². The number of carbonyl (C=O) groups is 2. The van der Waals surface area contributed by atoms with E-state index < -0.39 is 5.92 Å². The third-order valence-corrected chi connectivity index (χ3v) is 4.32. The number of hydrogen-bond donors (Lipinski definition) is 0. The molecule has 0 aliphatic carbocycles. The van der Waals surface area contributed by atoms with Gasteiger partial charge in [-0.1, -0.05) is 48.5 Å². The second-order valence-electron chi connectivity index (χ2n) is 6.14. The minimum absolute atomic E-state index is 0.0758. The molecule has 3 aromatic rings. The normalized spacial score (nSPS) is 11.5. The number of ketones is 1.